The fourth-order valence-corrected chi connectivity index (χ4v) is 3.17. The minimum atomic E-state index is -0.944. The van der Waals surface area contributed by atoms with Gasteiger partial charge in [-0.2, -0.15) is 0 Å². The minimum Gasteiger partial charge on any atom is -0.497 e. The molecule has 2 aromatic carbocycles. The number of carbonyl (C=O) groups is 2. The SMILES string of the molecule is COc1ccc(CN2CC(C(=O)O)CC2=O)c(OCCOc2ccc(C)cc2)c1. The second kappa shape index (κ2) is 9.32. The molecule has 0 radical (unpaired) electrons. The summed E-state index contributed by atoms with van der Waals surface area (Å²) in [5.41, 5.74) is 1.96. The highest BCUT2D eigenvalue weighted by Crippen LogP contribution is 2.28. The van der Waals surface area contributed by atoms with Crippen molar-refractivity contribution in [3.05, 3.63) is 53.6 Å². The predicted octanol–water partition coefficient (Wildman–Crippen LogP) is 2.89. The molecule has 0 spiro atoms. The molecule has 1 N–H and O–H groups in total. The van der Waals surface area contributed by atoms with E-state index < -0.39 is 11.9 Å². The second-order valence-electron chi connectivity index (χ2n) is 7.00. The number of nitrogens with zero attached hydrogens (tertiary/aromatic N) is 1. The number of carboxylic acids is 1. The molecule has 29 heavy (non-hydrogen) atoms. The van der Waals surface area contributed by atoms with Gasteiger partial charge in [-0.1, -0.05) is 17.7 Å². The number of benzene rings is 2. The zero-order valence-corrected chi connectivity index (χ0v) is 16.6. The molecule has 154 valence electrons. The summed E-state index contributed by atoms with van der Waals surface area (Å²) in [7, 11) is 1.57. The van der Waals surface area contributed by atoms with Crippen molar-refractivity contribution < 1.29 is 28.9 Å². The first-order valence-electron chi connectivity index (χ1n) is 9.46. The zero-order valence-electron chi connectivity index (χ0n) is 16.6. The fraction of sp³-hybridized carbons (Fsp3) is 0.364. The maximum Gasteiger partial charge on any atom is 0.308 e. The van der Waals surface area contributed by atoms with Gasteiger partial charge in [0.2, 0.25) is 5.91 Å². The number of amides is 1. The van der Waals surface area contributed by atoms with Gasteiger partial charge in [-0.05, 0) is 31.2 Å². The number of rotatable bonds is 9. The largest absolute Gasteiger partial charge is 0.497 e. The van der Waals surface area contributed by atoms with Crippen LogP contribution in [0.3, 0.4) is 0 Å². The van der Waals surface area contributed by atoms with Crippen molar-refractivity contribution in [1.82, 2.24) is 4.90 Å². The van der Waals surface area contributed by atoms with Crippen LogP contribution in [0.5, 0.6) is 17.2 Å². The summed E-state index contributed by atoms with van der Waals surface area (Å²) in [4.78, 5) is 24.9. The molecule has 0 saturated carbocycles. The van der Waals surface area contributed by atoms with Crippen molar-refractivity contribution >= 4 is 11.9 Å². The van der Waals surface area contributed by atoms with E-state index in [1.807, 2.05) is 37.3 Å². The van der Waals surface area contributed by atoms with Gasteiger partial charge in [0, 0.05) is 31.1 Å². The van der Waals surface area contributed by atoms with Gasteiger partial charge < -0.3 is 24.2 Å². The Labute approximate surface area is 169 Å². The average Bonchev–Trinajstić information content (AvgIpc) is 3.08. The third kappa shape index (κ3) is 5.40. The molecule has 1 aliphatic rings. The molecule has 1 fully saturated rings. The van der Waals surface area contributed by atoms with Crippen LogP contribution >= 0.6 is 0 Å². The summed E-state index contributed by atoms with van der Waals surface area (Å²) in [6.45, 7) is 3.20. The number of hydrogen-bond acceptors (Lipinski definition) is 5. The van der Waals surface area contributed by atoms with Crippen LogP contribution in [0.4, 0.5) is 0 Å². The number of aryl methyl sites for hydroxylation is 1. The Hall–Kier alpha value is -3.22. The molecule has 2 aromatic rings. The van der Waals surface area contributed by atoms with Crippen molar-refractivity contribution in [2.75, 3.05) is 26.9 Å². The van der Waals surface area contributed by atoms with E-state index in [1.54, 1.807) is 24.1 Å². The van der Waals surface area contributed by atoms with Crippen LogP contribution in [-0.2, 0) is 16.1 Å². The first kappa shape index (κ1) is 20.5. The number of carbonyl (C=O) groups excluding carboxylic acids is 1. The van der Waals surface area contributed by atoms with Crippen LogP contribution in [0.15, 0.2) is 42.5 Å². The van der Waals surface area contributed by atoms with Gasteiger partial charge in [0.1, 0.15) is 30.5 Å². The number of hydrogen-bond donors (Lipinski definition) is 1. The molecule has 1 amide bonds. The molecule has 1 atom stereocenters. The lowest BCUT2D eigenvalue weighted by Crippen LogP contribution is -2.26. The summed E-state index contributed by atoms with van der Waals surface area (Å²) in [5.74, 6) is 0.227. The Morgan fingerprint density at radius 3 is 2.45 bits per heavy atom. The normalized spacial score (nSPS) is 16.0. The smallest absolute Gasteiger partial charge is 0.308 e. The Balaban J connectivity index is 1.62. The molecule has 0 aromatic heterocycles. The third-order valence-electron chi connectivity index (χ3n) is 4.83. The molecule has 0 aliphatic carbocycles. The minimum absolute atomic E-state index is 0.0338. The fourth-order valence-electron chi connectivity index (χ4n) is 3.17. The number of aliphatic carboxylic acids is 1. The van der Waals surface area contributed by atoms with Crippen LogP contribution in [0.25, 0.3) is 0 Å². The van der Waals surface area contributed by atoms with Crippen LogP contribution < -0.4 is 14.2 Å². The number of likely N-dealkylation sites (tertiary alicyclic amines) is 1. The Morgan fingerprint density at radius 1 is 1.10 bits per heavy atom. The quantitative estimate of drug-likeness (QED) is 0.653. The number of carboxylic acid groups (broad SMARTS) is 1. The van der Waals surface area contributed by atoms with E-state index in [-0.39, 0.29) is 18.9 Å². The number of ether oxygens (including phenoxy) is 3. The summed E-state index contributed by atoms with van der Waals surface area (Å²) < 4.78 is 16.8. The summed E-state index contributed by atoms with van der Waals surface area (Å²) in [6, 6.07) is 13.2. The van der Waals surface area contributed by atoms with E-state index in [2.05, 4.69) is 0 Å². The highest BCUT2D eigenvalue weighted by atomic mass is 16.5. The lowest BCUT2D eigenvalue weighted by atomic mass is 10.1. The molecule has 7 heteroatoms. The first-order valence-corrected chi connectivity index (χ1v) is 9.46. The maximum absolute atomic E-state index is 12.1. The molecule has 0 bridgehead atoms. The third-order valence-corrected chi connectivity index (χ3v) is 4.83. The molecular formula is C22H25NO6. The maximum atomic E-state index is 12.1. The second-order valence-corrected chi connectivity index (χ2v) is 7.00. The van der Waals surface area contributed by atoms with Crippen molar-refractivity contribution in [3.8, 4) is 17.2 Å². The first-order chi connectivity index (χ1) is 14.0. The van der Waals surface area contributed by atoms with E-state index in [4.69, 9.17) is 19.3 Å². The Bertz CT molecular complexity index is 864. The van der Waals surface area contributed by atoms with Gasteiger partial charge in [0.05, 0.1) is 13.0 Å². The molecule has 1 heterocycles. The molecule has 1 aliphatic heterocycles. The lowest BCUT2D eigenvalue weighted by molar-refractivity contribution is -0.141. The van der Waals surface area contributed by atoms with Gasteiger partial charge in [0.25, 0.3) is 0 Å². The molecule has 1 unspecified atom stereocenters. The lowest BCUT2D eigenvalue weighted by Gasteiger charge is -2.19. The molecule has 3 rings (SSSR count). The van der Waals surface area contributed by atoms with Crippen molar-refractivity contribution in [2.24, 2.45) is 5.92 Å². The van der Waals surface area contributed by atoms with Crippen LogP contribution in [0, 0.1) is 12.8 Å². The van der Waals surface area contributed by atoms with Gasteiger partial charge in [-0.25, -0.2) is 0 Å². The molecule has 1 saturated heterocycles. The van der Waals surface area contributed by atoms with Gasteiger partial charge in [-0.15, -0.1) is 0 Å². The van der Waals surface area contributed by atoms with Crippen molar-refractivity contribution in [2.45, 2.75) is 19.9 Å². The van der Waals surface area contributed by atoms with E-state index in [0.29, 0.717) is 31.3 Å². The Kier molecular flexibility index (Phi) is 6.59. The summed E-state index contributed by atoms with van der Waals surface area (Å²) >= 11 is 0. The van der Waals surface area contributed by atoms with E-state index in [0.717, 1.165) is 16.9 Å². The van der Waals surface area contributed by atoms with Crippen LogP contribution in [0.2, 0.25) is 0 Å². The molecular weight excluding hydrogens is 374 g/mol. The summed E-state index contributed by atoms with van der Waals surface area (Å²) in [5, 5.41) is 9.16. The van der Waals surface area contributed by atoms with Crippen LogP contribution in [-0.4, -0.2) is 48.8 Å². The highest BCUT2D eigenvalue weighted by Gasteiger charge is 2.34. The predicted molar refractivity (Wildman–Crippen MR) is 106 cm³/mol. The Morgan fingerprint density at radius 2 is 1.79 bits per heavy atom. The van der Waals surface area contributed by atoms with Crippen molar-refractivity contribution in [3.63, 3.8) is 0 Å². The highest BCUT2D eigenvalue weighted by molar-refractivity contribution is 5.86. The van der Waals surface area contributed by atoms with Gasteiger partial charge >= 0.3 is 5.97 Å². The number of methoxy groups -OCH3 is 1. The van der Waals surface area contributed by atoms with E-state index in [1.165, 1.54) is 0 Å². The van der Waals surface area contributed by atoms with E-state index in [9.17, 15) is 9.59 Å². The van der Waals surface area contributed by atoms with Crippen LogP contribution in [0.1, 0.15) is 17.5 Å². The standard InChI is InChI=1S/C22H25NO6/c1-15-3-6-18(7-4-15)28-9-10-29-20-12-19(27-2)8-5-16(20)13-23-14-17(22(25)26)11-21(23)24/h3-8,12,17H,9-11,13-14H2,1-2H3,(H,25,26). The average molecular weight is 399 g/mol. The summed E-state index contributed by atoms with van der Waals surface area (Å²) in [6.07, 6.45) is 0.0338. The monoisotopic (exact) mass is 399 g/mol. The zero-order chi connectivity index (χ0) is 20.8. The van der Waals surface area contributed by atoms with E-state index >= 15 is 0 Å². The molecule has 7 nitrogen and oxygen atoms in total. The topological polar surface area (TPSA) is 85.3 Å². The van der Waals surface area contributed by atoms with Crippen molar-refractivity contribution in [1.29, 1.82) is 0 Å². The van der Waals surface area contributed by atoms with Gasteiger partial charge in [-0.3, -0.25) is 9.59 Å². The van der Waals surface area contributed by atoms with Gasteiger partial charge in [0.15, 0.2) is 0 Å².